The minimum absolute atomic E-state index is 0.145. The highest BCUT2D eigenvalue weighted by Crippen LogP contribution is 2.27. The first-order chi connectivity index (χ1) is 12.0. The number of rotatable bonds is 8. The van der Waals surface area contributed by atoms with Crippen molar-refractivity contribution in [2.45, 2.75) is 31.6 Å². The van der Waals surface area contributed by atoms with Gasteiger partial charge in [0.05, 0.1) is 5.56 Å². The van der Waals surface area contributed by atoms with Crippen molar-refractivity contribution >= 4 is 34.8 Å². The molecule has 7 heteroatoms. The highest BCUT2D eigenvalue weighted by atomic mass is 35.5. The summed E-state index contributed by atoms with van der Waals surface area (Å²) in [6, 6.07) is 5.42. The van der Waals surface area contributed by atoms with Crippen LogP contribution in [0.5, 0.6) is 0 Å². The topological polar surface area (TPSA) is 70.7 Å². The van der Waals surface area contributed by atoms with Gasteiger partial charge in [0.15, 0.2) is 0 Å². The van der Waals surface area contributed by atoms with Crippen molar-refractivity contribution in [2.24, 2.45) is 0 Å². The van der Waals surface area contributed by atoms with Gasteiger partial charge in [-0.3, -0.25) is 9.59 Å². The number of carbonyl (C=O) groups is 2. The second-order valence-electron chi connectivity index (χ2n) is 6.13. The Morgan fingerprint density at radius 2 is 2.04 bits per heavy atom. The van der Waals surface area contributed by atoms with Gasteiger partial charge in [0.2, 0.25) is 5.91 Å². The van der Waals surface area contributed by atoms with Gasteiger partial charge in [-0.1, -0.05) is 0 Å². The summed E-state index contributed by atoms with van der Waals surface area (Å²) in [4.78, 5) is 26.7. The lowest BCUT2D eigenvalue weighted by Crippen LogP contribution is -2.29. The predicted octanol–water partition coefficient (Wildman–Crippen LogP) is 2.62. The maximum Gasteiger partial charge on any atom is 0.253 e. The SMILES string of the molecule is COCCCNC(=O)c1cc(NC(=O)[C@H](C)Cl)ccc1N1CCCC1. The lowest BCUT2D eigenvalue weighted by molar-refractivity contribution is -0.115. The highest BCUT2D eigenvalue weighted by molar-refractivity contribution is 6.32. The van der Waals surface area contributed by atoms with Crippen LogP contribution in [0.3, 0.4) is 0 Å². The fourth-order valence-corrected chi connectivity index (χ4v) is 2.84. The van der Waals surface area contributed by atoms with Crippen molar-refractivity contribution < 1.29 is 14.3 Å². The molecule has 1 heterocycles. The van der Waals surface area contributed by atoms with Gasteiger partial charge in [-0.15, -0.1) is 11.6 Å². The van der Waals surface area contributed by atoms with Crippen molar-refractivity contribution in [1.29, 1.82) is 0 Å². The van der Waals surface area contributed by atoms with Gasteiger partial charge in [-0.25, -0.2) is 0 Å². The molecule has 2 rings (SSSR count). The first kappa shape index (κ1) is 19.5. The number of ether oxygens (including phenoxy) is 1. The zero-order valence-corrected chi connectivity index (χ0v) is 15.6. The number of benzene rings is 1. The minimum Gasteiger partial charge on any atom is -0.385 e. The van der Waals surface area contributed by atoms with Crippen LogP contribution >= 0.6 is 11.6 Å². The van der Waals surface area contributed by atoms with Gasteiger partial charge in [0.25, 0.3) is 5.91 Å². The number of hydrogen-bond donors (Lipinski definition) is 2. The molecular formula is C18H26ClN3O3. The third kappa shape index (κ3) is 5.61. The fourth-order valence-electron chi connectivity index (χ4n) is 2.78. The zero-order valence-electron chi connectivity index (χ0n) is 14.8. The molecule has 0 unspecified atom stereocenters. The summed E-state index contributed by atoms with van der Waals surface area (Å²) in [5, 5.41) is 5.02. The molecule has 1 aromatic rings. The molecule has 1 saturated heterocycles. The van der Waals surface area contributed by atoms with Gasteiger partial charge in [0.1, 0.15) is 5.38 Å². The van der Waals surface area contributed by atoms with E-state index in [2.05, 4.69) is 15.5 Å². The van der Waals surface area contributed by atoms with Gasteiger partial charge < -0.3 is 20.3 Å². The van der Waals surface area contributed by atoms with E-state index in [4.69, 9.17) is 16.3 Å². The first-order valence-corrected chi connectivity index (χ1v) is 9.07. The third-order valence-corrected chi connectivity index (χ3v) is 4.33. The quantitative estimate of drug-likeness (QED) is 0.547. The fraction of sp³-hybridized carbons (Fsp3) is 0.556. The lowest BCUT2D eigenvalue weighted by Gasteiger charge is -2.22. The number of anilines is 2. The van der Waals surface area contributed by atoms with Crippen LogP contribution in [0.1, 0.15) is 36.5 Å². The number of alkyl halides is 1. The van der Waals surface area contributed by atoms with E-state index in [1.54, 1.807) is 20.1 Å². The average Bonchev–Trinajstić information content (AvgIpc) is 3.12. The number of nitrogens with zero attached hydrogens (tertiary/aromatic N) is 1. The maximum absolute atomic E-state index is 12.6. The Morgan fingerprint density at radius 3 is 2.68 bits per heavy atom. The van der Waals surface area contributed by atoms with E-state index in [0.717, 1.165) is 38.0 Å². The summed E-state index contributed by atoms with van der Waals surface area (Å²) in [6.45, 7) is 4.63. The number of carbonyl (C=O) groups excluding carboxylic acids is 2. The molecule has 138 valence electrons. The van der Waals surface area contributed by atoms with E-state index in [0.29, 0.717) is 24.4 Å². The Balaban J connectivity index is 2.18. The standard InChI is InChI=1S/C18H26ClN3O3/c1-13(19)17(23)21-14-6-7-16(22-9-3-4-10-22)15(12-14)18(24)20-8-5-11-25-2/h6-7,12-13H,3-5,8-11H2,1-2H3,(H,20,24)(H,21,23)/t13-/m0/s1. The van der Waals surface area contributed by atoms with Crippen molar-refractivity contribution in [3.05, 3.63) is 23.8 Å². The van der Waals surface area contributed by atoms with Gasteiger partial charge in [-0.2, -0.15) is 0 Å². The Labute approximate surface area is 153 Å². The zero-order chi connectivity index (χ0) is 18.2. The smallest absolute Gasteiger partial charge is 0.253 e. The molecule has 0 saturated carbocycles. The van der Waals surface area contributed by atoms with E-state index in [-0.39, 0.29) is 11.8 Å². The number of methoxy groups -OCH3 is 1. The second kappa shape index (κ2) is 9.63. The largest absolute Gasteiger partial charge is 0.385 e. The van der Waals surface area contributed by atoms with Crippen LogP contribution in [0.2, 0.25) is 0 Å². The first-order valence-electron chi connectivity index (χ1n) is 8.64. The summed E-state index contributed by atoms with van der Waals surface area (Å²) in [7, 11) is 1.64. The Hall–Kier alpha value is -1.79. The van der Waals surface area contributed by atoms with Gasteiger partial charge in [0, 0.05) is 44.7 Å². The second-order valence-corrected chi connectivity index (χ2v) is 6.79. The molecule has 0 spiro atoms. The van der Waals surface area contributed by atoms with Crippen molar-refractivity contribution in [2.75, 3.05) is 43.6 Å². The summed E-state index contributed by atoms with van der Waals surface area (Å²) >= 11 is 5.80. The Bertz CT molecular complexity index is 601. The molecule has 1 aromatic carbocycles. The number of amides is 2. The number of hydrogen-bond acceptors (Lipinski definition) is 4. The normalized spacial score (nSPS) is 15.1. The van der Waals surface area contributed by atoms with Crippen LogP contribution in [-0.4, -0.2) is 50.5 Å². The van der Waals surface area contributed by atoms with Crippen LogP contribution in [0.4, 0.5) is 11.4 Å². The van der Waals surface area contributed by atoms with E-state index in [1.807, 2.05) is 12.1 Å². The van der Waals surface area contributed by atoms with Crippen molar-refractivity contribution in [3.8, 4) is 0 Å². The minimum atomic E-state index is -0.635. The van der Waals surface area contributed by atoms with E-state index >= 15 is 0 Å². The summed E-state index contributed by atoms with van der Waals surface area (Å²) in [5.41, 5.74) is 2.04. The molecule has 1 aliphatic heterocycles. The Morgan fingerprint density at radius 1 is 1.32 bits per heavy atom. The van der Waals surface area contributed by atoms with E-state index in [1.165, 1.54) is 0 Å². The molecule has 0 bridgehead atoms. The summed E-state index contributed by atoms with van der Waals surface area (Å²) in [5.74, 6) is -0.435. The number of halogens is 1. The van der Waals surface area contributed by atoms with Crippen LogP contribution in [0.15, 0.2) is 18.2 Å². The molecule has 2 amide bonds. The molecular weight excluding hydrogens is 342 g/mol. The summed E-state index contributed by atoms with van der Waals surface area (Å²) < 4.78 is 5.00. The van der Waals surface area contributed by atoms with Gasteiger partial charge in [-0.05, 0) is 44.4 Å². The van der Waals surface area contributed by atoms with Crippen molar-refractivity contribution in [1.82, 2.24) is 5.32 Å². The van der Waals surface area contributed by atoms with Crippen LogP contribution in [-0.2, 0) is 9.53 Å². The van der Waals surface area contributed by atoms with Crippen LogP contribution < -0.4 is 15.5 Å². The molecule has 1 aliphatic rings. The molecule has 0 aromatic heterocycles. The molecule has 0 aliphatic carbocycles. The molecule has 1 fully saturated rings. The molecule has 25 heavy (non-hydrogen) atoms. The molecule has 6 nitrogen and oxygen atoms in total. The average molecular weight is 368 g/mol. The van der Waals surface area contributed by atoms with E-state index < -0.39 is 5.38 Å². The lowest BCUT2D eigenvalue weighted by atomic mass is 10.1. The molecule has 0 radical (unpaired) electrons. The molecule has 1 atom stereocenters. The monoisotopic (exact) mass is 367 g/mol. The van der Waals surface area contributed by atoms with Crippen LogP contribution in [0, 0.1) is 0 Å². The molecule has 2 N–H and O–H groups in total. The predicted molar refractivity (Wildman–Crippen MR) is 101 cm³/mol. The highest BCUT2D eigenvalue weighted by Gasteiger charge is 2.20. The summed E-state index contributed by atoms with van der Waals surface area (Å²) in [6.07, 6.45) is 3.00. The van der Waals surface area contributed by atoms with Gasteiger partial charge >= 0.3 is 0 Å². The maximum atomic E-state index is 12.6. The van der Waals surface area contributed by atoms with E-state index in [9.17, 15) is 9.59 Å². The third-order valence-electron chi connectivity index (χ3n) is 4.13. The van der Waals surface area contributed by atoms with Crippen LogP contribution in [0.25, 0.3) is 0 Å². The number of nitrogens with one attached hydrogen (secondary N) is 2. The van der Waals surface area contributed by atoms with Crippen molar-refractivity contribution in [3.63, 3.8) is 0 Å². The Kier molecular flexibility index (Phi) is 7.52.